The molecule has 0 unspecified atom stereocenters. The van der Waals surface area contributed by atoms with E-state index in [1.54, 1.807) is 23.5 Å². The highest BCUT2D eigenvalue weighted by Crippen LogP contribution is 2.31. The van der Waals surface area contributed by atoms with Crippen molar-refractivity contribution in [3.8, 4) is 10.8 Å². The highest BCUT2D eigenvalue weighted by molar-refractivity contribution is 7.21. The summed E-state index contributed by atoms with van der Waals surface area (Å²) in [5.41, 5.74) is 0.946. The van der Waals surface area contributed by atoms with Gasteiger partial charge in [0, 0.05) is 6.04 Å². The lowest BCUT2D eigenvalue weighted by molar-refractivity contribution is 0.0907. The minimum absolute atomic E-state index is 0.166. The number of carbonyl (C=O) groups excluding carboxylic acids is 1. The maximum Gasteiger partial charge on any atom is 0.287 e. The van der Waals surface area contributed by atoms with E-state index in [9.17, 15) is 4.79 Å². The Morgan fingerprint density at radius 2 is 2.00 bits per heavy atom. The van der Waals surface area contributed by atoms with E-state index in [4.69, 9.17) is 4.42 Å². The van der Waals surface area contributed by atoms with Crippen molar-refractivity contribution in [3.63, 3.8) is 0 Å². The minimum Gasteiger partial charge on any atom is -0.448 e. The SMILES string of the molecule is CCC(CC)NC(=O)c1ccc(-c2nc3ccccc3s2)o1. The molecule has 2 aromatic heterocycles. The summed E-state index contributed by atoms with van der Waals surface area (Å²) >= 11 is 1.56. The monoisotopic (exact) mass is 314 g/mol. The molecular weight excluding hydrogens is 296 g/mol. The van der Waals surface area contributed by atoms with Crippen molar-refractivity contribution >= 4 is 27.5 Å². The summed E-state index contributed by atoms with van der Waals surface area (Å²) in [7, 11) is 0. The number of nitrogens with zero attached hydrogens (tertiary/aromatic N) is 1. The molecule has 22 heavy (non-hydrogen) atoms. The van der Waals surface area contributed by atoms with Gasteiger partial charge in [-0.25, -0.2) is 4.98 Å². The van der Waals surface area contributed by atoms with Gasteiger partial charge in [-0.3, -0.25) is 4.79 Å². The van der Waals surface area contributed by atoms with E-state index in [-0.39, 0.29) is 11.9 Å². The summed E-state index contributed by atoms with van der Waals surface area (Å²) in [4.78, 5) is 16.7. The van der Waals surface area contributed by atoms with Gasteiger partial charge >= 0.3 is 0 Å². The molecule has 0 saturated carbocycles. The topological polar surface area (TPSA) is 55.1 Å². The third-order valence-corrected chi connectivity index (χ3v) is 4.71. The van der Waals surface area contributed by atoms with Crippen LogP contribution in [0, 0.1) is 0 Å². The number of furan rings is 1. The summed E-state index contributed by atoms with van der Waals surface area (Å²) in [6.45, 7) is 4.12. The van der Waals surface area contributed by atoms with E-state index < -0.39 is 0 Å². The van der Waals surface area contributed by atoms with E-state index in [1.165, 1.54) is 0 Å². The standard InChI is InChI=1S/C17H18N2O2S/c1-3-11(4-2)18-16(20)13-9-10-14(21-13)17-19-12-7-5-6-8-15(12)22-17/h5-11H,3-4H2,1-2H3,(H,18,20). The minimum atomic E-state index is -0.166. The number of rotatable bonds is 5. The summed E-state index contributed by atoms with van der Waals surface area (Å²) in [6, 6.07) is 11.6. The fraction of sp³-hybridized carbons (Fsp3) is 0.294. The van der Waals surface area contributed by atoms with E-state index >= 15 is 0 Å². The number of hydrogen-bond donors (Lipinski definition) is 1. The van der Waals surface area contributed by atoms with Crippen molar-refractivity contribution in [1.82, 2.24) is 10.3 Å². The largest absolute Gasteiger partial charge is 0.448 e. The average molecular weight is 314 g/mol. The van der Waals surface area contributed by atoms with E-state index in [0.29, 0.717) is 11.5 Å². The molecule has 0 atom stereocenters. The van der Waals surface area contributed by atoms with Crippen LogP contribution in [0.2, 0.25) is 0 Å². The van der Waals surface area contributed by atoms with Gasteiger partial charge in [-0.15, -0.1) is 11.3 Å². The fourth-order valence-electron chi connectivity index (χ4n) is 2.30. The Labute approximate surface area is 133 Å². The molecule has 0 radical (unpaired) electrons. The zero-order valence-electron chi connectivity index (χ0n) is 12.6. The van der Waals surface area contributed by atoms with E-state index in [1.807, 2.05) is 24.3 Å². The Morgan fingerprint density at radius 3 is 2.73 bits per heavy atom. The molecule has 0 saturated heterocycles. The van der Waals surface area contributed by atoms with Crippen LogP contribution in [0.25, 0.3) is 21.0 Å². The zero-order valence-corrected chi connectivity index (χ0v) is 13.4. The van der Waals surface area contributed by atoms with Gasteiger partial charge in [0.1, 0.15) is 0 Å². The number of aromatic nitrogens is 1. The lowest BCUT2D eigenvalue weighted by Crippen LogP contribution is -2.33. The third kappa shape index (κ3) is 2.90. The first-order chi connectivity index (χ1) is 10.7. The first kappa shape index (κ1) is 14.8. The first-order valence-electron chi connectivity index (χ1n) is 7.48. The molecule has 0 spiro atoms. The van der Waals surface area contributed by atoms with Gasteiger partial charge in [0.2, 0.25) is 0 Å². The number of fused-ring (bicyclic) bond motifs is 1. The molecule has 3 rings (SSSR count). The van der Waals surface area contributed by atoms with Crippen molar-refractivity contribution in [3.05, 3.63) is 42.2 Å². The number of para-hydroxylation sites is 1. The molecule has 1 aromatic carbocycles. The molecule has 0 aliphatic carbocycles. The van der Waals surface area contributed by atoms with Gasteiger partial charge in [0.15, 0.2) is 16.5 Å². The van der Waals surface area contributed by atoms with Crippen LogP contribution >= 0.6 is 11.3 Å². The van der Waals surface area contributed by atoms with Crippen LogP contribution in [-0.2, 0) is 0 Å². The van der Waals surface area contributed by atoms with Gasteiger partial charge in [-0.2, -0.15) is 0 Å². The van der Waals surface area contributed by atoms with E-state index in [0.717, 1.165) is 28.1 Å². The number of carbonyl (C=O) groups is 1. The molecular formula is C17H18N2O2S. The van der Waals surface area contributed by atoms with Crippen LogP contribution < -0.4 is 5.32 Å². The molecule has 0 fully saturated rings. The van der Waals surface area contributed by atoms with Crippen LogP contribution in [0.4, 0.5) is 0 Å². The van der Waals surface area contributed by atoms with Crippen LogP contribution in [0.3, 0.4) is 0 Å². The van der Waals surface area contributed by atoms with Crippen molar-refractivity contribution in [2.24, 2.45) is 0 Å². The number of nitrogens with one attached hydrogen (secondary N) is 1. The van der Waals surface area contributed by atoms with Gasteiger partial charge in [0.05, 0.1) is 10.2 Å². The molecule has 1 amide bonds. The molecule has 114 valence electrons. The fourth-order valence-corrected chi connectivity index (χ4v) is 3.23. The Balaban J connectivity index is 1.82. The van der Waals surface area contributed by atoms with Gasteiger partial charge in [-0.1, -0.05) is 26.0 Å². The van der Waals surface area contributed by atoms with Crippen LogP contribution in [0.15, 0.2) is 40.8 Å². The Bertz CT molecular complexity index is 754. The maximum absolute atomic E-state index is 12.2. The Kier molecular flexibility index (Phi) is 4.24. The summed E-state index contributed by atoms with van der Waals surface area (Å²) in [5.74, 6) is 0.804. The second kappa shape index (κ2) is 6.32. The predicted molar refractivity (Wildman–Crippen MR) is 89.2 cm³/mol. The quantitative estimate of drug-likeness (QED) is 0.755. The highest BCUT2D eigenvalue weighted by Gasteiger charge is 2.16. The van der Waals surface area contributed by atoms with Crippen molar-refractivity contribution < 1.29 is 9.21 Å². The molecule has 5 heteroatoms. The van der Waals surface area contributed by atoms with Crippen LogP contribution in [0.5, 0.6) is 0 Å². The number of thiazole rings is 1. The normalized spacial score (nSPS) is 11.2. The Hall–Kier alpha value is -2.14. The smallest absolute Gasteiger partial charge is 0.287 e. The second-order valence-electron chi connectivity index (χ2n) is 5.14. The third-order valence-electron chi connectivity index (χ3n) is 3.66. The molecule has 0 aliphatic heterocycles. The van der Waals surface area contributed by atoms with Crippen LogP contribution in [-0.4, -0.2) is 16.9 Å². The van der Waals surface area contributed by atoms with Crippen molar-refractivity contribution in [2.45, 2.75) is 32.7 Å². The van der Waals surface area contributed by atoms with Gasteiger partial charge < -0.3 is 9.73 Å². The lowest BCUT2D eigenvalue weighted by atomic mass is 10.2. The van der Waals surface area contributed by atoms with E-state index in [2.05, 4.69) is 24.1 Å². The predicted octanol–water partition coefficient (Wildman–Crippen LogP) is 4.47. The van der Waals surface area contributed by atoms with Gasteiger partial charge in [-0.05, 0) is 37.1 Å². The molecule has 4 nitrogen and oxygen atoms in total. The van der Waals surface area contributed by atoms with Crippen LogP contribution in [0.1, 0.15) is 37.2 Å². The highest BCUT2D eigenvalue weighted by atomic mass is 32.1. The number of hydrogen-bond acceptors (Lipinski definition) is 4. The number of benzene rings is 1. The van der Waals surface area contributed by atoms with Crippen molar-refractivity contribution in [1.29, 1.82) is 0 Å². The lowest BCUT2D eigenvalue weighted by Gasteiger charge is -2.13. The number of amides is 1. The molecule has 2 heterocycles. The summed E-state index contributed by atoms with van der Waals surface area (Å²) in [5, 5.41) is 3.77. The average Bonchev–Trinajstić information content (AvgIpc) is 3.18. The molecule has 0 bridgehead atoms. The Morgan fingerprint density at radius 1 is 1.23 bits per heavy atom. The van der Waals surface area contributed by atoms with Gasteiger partial charge in [0.25, 0.3) is 5.91 Å². The summed E-state index contributed by atoms with van der Waals surface area (Å²) in [6.07, 6.45) is 1.82. The summed E-state index contributed by atoms with van der Waals surface area (Å²) < 4.78 is 6.80. The molecule has 0 aliphatic rings. The zero-order chi connectivity index (χ0) is 15.5. The van der Waals surface area contributed by atoms with Crippen molar-refractivity contribution in [2.75, 3.05) is 0 Å². The molecule has 3 aromatic rings. The maximum atomic E-state index is 12.2. The molecule has 1 N–H and O–H groups in total. The first-order valence-corrected chi connectivity index (χ1v) is 8.29. The second-order valence-corrected chi connectivity index (χ2v) is 6.17.